The second kappa shape index (κ2) is 4.31. The maximum atomic E-state index is 10.8. The molecule has 0 saturated heterocycles. The molecule has 1 aromatic heterocycles. The van der Waals surface area contributed by atoms with Crippen LogP contribution in [0, 0.1) is 3.14 Å². The van der Waals surface area contributed by atoms with Crippen molar-refractivity contribution in [3.05, 3.63) is 38.5 Å². The van der Waals surface area contributed by atoms with Gasteiger partial charge in [-0.15, -0.1) is 22.7 Å². The first-order valence-electron chi connectivity index (χ1n) is 7.27. The summed E-state index contributed by atoms with van der Waals surface area (Å²) in [5.41, 5.74) is 1.86. The summed E-state index contributed by atoms with van der Waals surface area (Å²) >= 11 is 8.40. The number of rotatable bonds is 0. The van der Waals surface area contributed by atoms with Crippen LogP contribution in [-0.2, 0) is 0 Å². The van der Waals surface area contributed by atoms with E-state index < -0.39 is 0 Å². The van der Waals surface area contributed by atoms with Crippen LogP contribution >= 0.6 is 34.9 Å². The molecule has 2 atom stereocenters. The van der Waals surface area contributed by atoms with Crippen molar-refractivity contribution >= 4 is 55.1 Å². The van der Waals surface area contributed by atoms with Gasteiger partial charge in [-0.2, -0.15) is 0 Å². The van der Waals surface area contributed by atoms with Gasteiger partial charge in [-0.05, 0) is 25.0 Å². The SMILES string of the molecule is Oc1c2c(c(O)c3cc4sc(=S)sc4cc13)C1C=CC2CC1. The Labute approximate surface area is 140 Å². The number of hydrogen-bond acceptors (Lipinski definition) is 5. The van der Waals surface area contributed by atoms with Gasteiger partial charge >= 0.3 is 0 Å². The molecule has 3 aliphatic rings. The van der Waals surface area contributed by atoms with Crippen molar-refractivity contribution in [2.24, 2.45) is 0 Å². The highest BCUT2D eigenvalue weighted by molar-refractivity contribution is 7.77. The fourth-order valence-electron chi connectivity index (χ4n) is 3.91. The van der Waals surface area contributed by atoms with Gasteiger partial charge in [0.15, 0.2) is 0 Å². The van der Waals surface area contributed by atoms with Gasteiger partial charge in [-0.1, -0.05) is 24.4 Å². The Morgan fingerprint density at radius 2 is 1.32 bits per heavy atom. The minimum absolute atomic E-state index is 0.228. The summed E-state index contributed by atoms with van der Waals surface area (Å²) < 4.78 is 3.03. The monoisotopic (exact) mass is 344 g/mol. The molecular weight excluding hydrogens is 332 g/mol. The highest BCUT2D eigenvalue weighted by Crippen LogP contribution is 2.55. The fourth-order valence-corrected chi connectivity index (χ4v) is 6.43. The summed E-state index contributed by atoms with van der Waals surface area (Å²) in [6.45, 7) is 0. The van der Waals surface area contributed by atoms with Gasteiger partial charge in [-0.25, -0.2) is 0 Å². The quantitative estimate of drug-likeness (QED) is 0.308. The first-order valence-corrected chi connectivity index (χ1v) is 9.31. The largest absolute Gasteiger partial charge is 0.507 e. The molecule has 110 valence electrons. The van der Waals surface area contributed by atoms with Crippen LogP contribution in [0.5, 0.6) is 11.5 Å². The molecule has 5 heteroatoms. The molecular formula is C17H12O2S3. The van der Waals surface area contributed by atoms with Crippen LogP contribution < -0.4 is 0 Å². The van der Waals surface area contributed by atoms with Crippen molar-refractivity contribution in [1.82, 2.24) is 0 Å². The molecule has 0 radical (unpaired) electrons. The highest BCUT2D eigenvalue weighted by atomic mass is 32.2. The zero-order valence-electron chi connectivity index (χ0n) is 11.5. The van der Waals surface area contributed by atoms with E-state index in [4.69, 9.17) is 12.2 Å². The van der Waals surface area contributed by atoms with E-state index in [1.165, 1.54) is 0 Å². The van der Waals surface area contributed by atoms with Crippen molar-refractivity contribution in [3.8, 4) is 11.5 Å². The summed E-state index contributed by atoms with van der Waals surface area (Å²) in [6.07, 6.45) is 6.45. The average molecular weight is 344 g/mol. The number of phenols is 2. The normalized spacial score (nSPS) is 22.5. The van der Waals surface area contributed by atoms with Gasteiger partial charge in [0, 0.05) is 43.1 Å². The van der Waals surface area contributed by atoms with Gasteiger partial charge in [0.25, 0.3) is 0 Å². The molecule has 2 bridgehead atoms. The summed E-state index contributed by atoms with van der Waals surface area (Å²) in [4.78, 5) is 0. The van der Waals surface area contributed by atoms with Crippen LogP contribution in [0.1, 0.15) is 35.8 Å². The predicted octanol–water partition coefficient (Wildman–Crippen LogP) is 5.79. The predicted molar refractivity (Wildman–Crippen MR) is 95.2 cm³/mol. The molecule has 22 heavy (non-hydrogen) atoms. The number of aromatic hydroxyl groups is 2. The minimum Gasteiger partial charge on any atom is -0.507 e. The third-order valence-electron chi connectivity index (χ3n) is 4.89. The Morgan fingerprint density at radius 3 is 1.73 bits per heavy atom. The van der Waals surface area contributed by atoms with Crippen LogP contribution in [0.2, 0.25) is 0 Å². The van der Waals surface area contributed by atoms with Crippen molar-refractivity contribution in [1.29, 1.82) is 0 Å². The maximum Gasteiger partial charge on any atom is 0.144 e. The Bertz CT molecular complexity index is 962. The topological polar surface area (TPSA) is 40.5 Å². The van der Waals surface area contributed by atoms with Crippen molar-refractivity contribution in [2.75, 3.05) is 0 Å². The Balaban J connectivity index is 1.98. The van der Waals surface area contributed by atoms with E-state index in [0.717, 1.165) is 47.3 Å². The van der Waals surface area contributed by atoms with Gasteiger partial charge in [-0.3, -0.25) is 0 Å². The molecule has 0 saturated carbocycles. The summed E-state index contributed by atoms with van der Waals surface area (Å²) in [5.74, 6) is 1.14. The van der Waals surface area contributed by atoms with E-state index in [9.17, 15) is 10.2 Å². The number of fused-ring (bicyclic) bond motifs is 3. The van der Waals surface area contributed by atoms with E-state index in [-0.39, 0.29) is 11.8 Å². The lowest BCUT2D eigenvalue weighted by Crippen LogP contribution is -2.17. The van der Waals surface area contributed by atoms with Gasteiger partial charge in [0.05, 0.1) is 0 Å². The fraction of sp³-hybridized carbons (Fsp3) is 0.235. The number of allylic oxidation sites excluding steroid dienone is 2. The van der Waals surface area contributed by atoms with E-state index in [2.05, 4.69) is 12.2 Å². The van der Waals surface area contributed by atoms with Crippen LogP contribution in [0.25, 0.3) is 20.2 Å². The molecule has 2 aromatic carbocycles. The second-order valence-corrected chi connectivity index (χ2v) is 9.29. The molecule has 1 heterocycles. The van der Waals surface area contributed by atoms with Gasteiger partial charge in [0.1, 0.15) is 14.6 Å². The van der Waals surface area contributed by atoms with Crippen molar-refractivity contribution in [3.63, 3.8) is 0 Å². The van der Waals surface area contributed by atoms with E-state index in [1.54, 1.807) is 22.7 Å². The van der Waals surface area contributed by atoms with Crippen LogP contribution in [0.4, 0.5) is 0 Å². The van der Waals surface area contributed by atoms with E-state index >= 15 is 0 Å². The van der Waals surface area contributed by atoms with Gasteiger partial charge < -0.3 is 10.2 Å². The molecule has 3 aliphatic carbocycles. The zero-order valence-corrected chi connectivity index (χ0v) is 13.9. The number of benzene rings is 2. The molecule has 3 aromatic rings. The molecule has 2 unspecified atom stereocenters. The molecule has 6 rings (SSSR count). The van der Waals surface area contributed by atoms with E-state index in [0.29, 0.717) is 11.5 Å². The third kappa shape index (κ3) is 1.56. The van der Waals surface area contributed by atoms with E-state index in [1.807, 2.05) is 12.1 Å². The number of hydrogen-bond donors (Lipinski definition) is 2. The molecule has 0 spiro atoms. The Morgan fingerprint density at radius 1 is 0.864 bits per heavy atom. The Kier molecular flexibility index (Phi) is 2.56. The van der Waals surface area contributed by atoms with Crippen molar-refractivity contribution in [2.45, 2.75) is 24.7 Å². The Hall–Kier alpha value is -1.43. The zero-order chi connectivity index (χ0) is 15.0. The highest BCUT2D eigenvalue weighted by Gasteiger charge is 2.35. The van der Waals surface area contributed by atoms with Crippen LogP contribution in [0.3, 0.4) is 0 Å². The second-order valence-electron chi connectivity index (χ2n) is 6.00. The lowest BCUT2D eigenvalue weighted by atomic mass is 9.70. The molecule has 2 N–H and O–H groups in total. The van der Waals surface area contributed by atoms with Crippen LogP contribution in [-0.4, -0.2) is 10.2 Å². The third-order valence-corrected chi connectivity index (χ3v) is 7.46. The molecule has 0 amide bonds. The number of phenolic OH excluding ortho intramolecular Hbond substituents is 2. The summed E-state index contributed by atoms with van der Waals surface area (Å²) in [7, 11) is 0. The lowest BCUT2D eigenvalue weighted by molar-refractivity contribution is 0.429. The molecule has 2 nitrogen and oxygen atoms in total. The lowest BCUT2D eigenvalue weighted by Gasteiger charge is -2.35. The smallest absolute Gasteiger partial charge is 0.144 e. The summed E-state index contributed by atoms with van der Waals surface area (Å²) in [6, 6.07) is 3.95. The standard InChI is InChI=1S/C17H12O2S3/c18-15-9-5-11-12(22-17(20)21-11)6-10(9)16(19)14-8-2-1-7(3-4-8)13(14)15/h1-2,5-8,18-19H,3-4H2. The molecule has 0 fully saturated rings. The first-order chi connectivity index (χ1) is 10.6. The maximum absolute atomic E-state index is 10.8. The minimum atomic E-state index is 0.228. The van der Waals surface area contributed by atoms with Crippen molar-refractivity contribution < 1.29 is 10.2 Å². The molecule has 0 aliphatic heterocycles. The summed E-state index contributed by atoms with van der Waals surface area (Å²) in [5, 5.41) is 23.2. The first kappa shape index (κ1) is 13.0. The van der Waals surface area contributed by atoms with Crippen LogP contribution in [0.15, 0.2) is 24.3 Å². The van der Waals surface area contributed by atoms with Gasteiger partial charge in [0.2, 0.25) is 0 Å². The average Bonchev–Trinajstić information content (AvgIpc) is 2.90.